The van der Waals surface area contributed by atoms with E-state index in [1.165, 1.54) is 7.11 Å². The molecule has 4 heteroatoms. The summed E-state index contributed by atoms with van der Waals surface area (Å²) in [7, 11) is 1.39. The van der Waals surface area contributed by atoms with Gasteiger partial charge in [-0.25, -0.2) is 0 Å². The van der Waals surface area contributed by atoms with Crippen molar-refractivity contribution in [3.8, 4) is 0 Å². The molecule has 1 amide bonds. The maximum Gasteiger partial charge on any atom is 0.305 e. The Bertz CT molecular complexity index is 652. The van der Waals surface area contributed by atoms with Gasteiger partial charge in [-0.3, -0.25) is 9.59 Å². The van der Waals surface area contributed by atoms with Crippen LogP contribution >= 0.6 is 0 Å². The van der Waals surface area contributed by atoms with Crippen LogP contribution < -0.4 is 5.32 Å². The Morgan fingerprint density at radius 1 is 1.00 bits per heavy atom. The van der Waals surface area contributed by atoms with Gasteiger partial charge in [0.05, 0.1) is 7.11 Å². The zero-order valence-electron chi connectivity index (χ0n) is 12.8. The third-order valence-corrected chi connectivity index (χ3v) is 3.58. The van der Waals surface area contributed by atoms with E-state index in [9.17, 15) is 9.59 Å². The molecule has 2 aromatic rings. The van der Waals surface area contributed by atoms with Gasteiger partial charge in [-0.1, -0.05) is 36.8 Å². The normalized spacial score (nSPS) is 10.4. The number of ether oxygens (including phenoxy) is 1. The van der Waals surface area contributed by atoms with Crippen LogP contribution in [0.1, 0.15) is 36.0 Å². The lowest BCUT2D eigenvalue weighted by atomic mass is 10.1. The predicted molar refractivity (Wildman–Crippen MR) is 86.8 cm³/mol. The van der Waals surface area contributed by atoms with Crippen LogP contribution in [0, 0.1) is 0 Å². The predicted octanol–water partition coefficient (Wildman–Crippen LogP) is 3.30. The van der Waals surface area contributed by atoms with Gasteiger partial charge >= 0.3 is 5.97 Å². The van der Waals surface area contributed by atoms with Gasteiger partial charge in [-0.2, -0.15) is 0 Å². The molecule has 22 heavy (non-hydrogen) atoms. The van der Waals surface area contributed by atoms with Gasteiger partial charge in [0, 0.05) is 18.5 Å². The van der Waals surface area contributed by atoms with Crippen molar-refractivity contribution in [3.63, 3.8) is 0 Å². The standard InChI is InChI=1S/C18H21NO3/c1-22-17(20)9-3-2-6-12-19-18(21)16-11-10-14-7-4-5-8-15(14)13-16/h4-5,7-8,10-11,13H,2-3,6,9,12H2,1H3,(H,19,21). The second-order valence-corrected chi connectivity index (χ2v) is 5.20. The molecule has 2 aromatic carbocycles. The van der Waals surface area contributed by atoms with E-state index in [2.05, 4.69) is 10.1 Å². The van der Waals surface area contributed by atoms with Crippen LogP contribution in [-0.2, 0) is 9.53 Å². The highest BCUT2D eigenvalue weighted by molar-refractivity contribution is 5.98. The van der Waals surface area contributed by atoms with Gasteiger partial charge in [-0.15, -0.1) is 0 Å². The van der Waals surface area contributed by atoms with E-state index in [0.717, 1.165) is 30.0 Å². The first-order valence-corrected chi connectivity index (χ1v) is 7.54. The molecular formula is C18H21NO3. The zero-order valence-corrected chi connectivity index (χ0v) is 12.8. The molecule has 0 aliphatic heterocycles. The first kappa shape index (κ1) is 16.0. The number of benzene rings is 2. The second-order valence-electron chi connectivity index (χ2n) is 5.20. The lowest BCUT2D eigenvalue weighted by Crippen LogP contribution is -2.24. The zero-order chi connectivity index (χ0) is 15.8. The summed E-state index contributed by atoms with van der Waals surface area (Å²) in [5, 5.41) is 5.10. The number of carbonyl (C=O) groups excluding carboxylic acids is 2. The monoisotopic (exact) mass is 299 g/mol. The lowest BCUT2D eigenvalue weighted by Gasteiger charge is -2.06. The SMILES string of the molecule is COC(=O)CCCCCNC(=O)c1ccc2ccccc2c1. The number of esters is 1. The Labute approximate surface area is 130 Å². The minimum Gasteiger partial charge on any atom is -0.469 e. The molecule has 0 saturated heterocycles. The van der Waals surface area contributed by atoms with Crippen molar-refractivity contribution in [2.75, 3.05) is 13.7 Å². The Morgan fingerprint density at radius 2 is 1.77 bits per heavy atom. The number of fused-ring (bicyclic) bond motifs is 1. The van der Waals surface area contributed by atoms with Crippen molar-refractivity contribution in [3.05, 3.63) is 48.0 Å². The molecule has 2 rings (SSSR count). The van der Waals surface area contributed by atoms with Gasteiger partial charge in [-0.05, 0) is 35.7 Å². The molecule has 0 bridgehead atoms. The van der Waals surface area contributed by atoms with Crippen LogP contribution in [0.2, 0.25) is 0 Å². The molecule has 0 spiro atoms. The number of unbranched alkanes of at least 4 members (excludes halogenated alkanes) is 2. The van der Waals surface area contributed by atoms with E-state index in [4.69, 9.17) is 0 Å². The molecular weight excluding hydrogens is 278 g/mol. The Hall–Kier alpha value is -2.36. The smallest absolute Gasteiger partial charge is 0.305 e. The van der Waals surface area contributed by atoms with Crippen molar-refractivity contribution in [1.82, 2.24) is 5.32 Å². The number of hydrogen-bond donors (Lipinski definition) is 1. The fraction of sp³-hybridized carbons (Fsp3) is 0.333. The van der Waals surface area contributed by atoms with E-state index < -0.39 is 0 Å². The summed E-state index contributed by atoms with van der Waals surface area (Å²) in [6.07, 6.45) is 2.98. The van der Waals surface area contributed by atoms with Crippen LogP contribution in [0.4, 0.5) is 0 Å². The fourth-order valence-electron chi connectivity index (χ4n) is 2.31. The number of hydrogen-bond acceptors (Lipinski definition) is 3. The first-order chi connectivity index (χ1) is 10.7. The lowest BCUT2D eigenvalue weighted by molar-refractivity contribution is -0.140. The van der Waals surface area contributed by atoms with E-state index in [1.807, 2.05) is 42.5 Å². The highest BCUT2D eigenvalue weighted by Crippen LogP contribution is 2.15. The van der Waals surface area contributed by atoms with Crippen molar-refractivity contribution in [1.29, 1.82) is 0 Å². The fourth-order valence-corrected chi connectivity index (χ4v) is 2.31. The van der Waals surface area contributed by atoms with Gasteiger partial charge in [0.1, 0.15) is 0 Å². The number of amides is 1. The quantitative estimate of drug-likeness (QED) is 0.630. The Morgan fingerprint density at radius 3 is 2.55 bits per heavy atom. The van der Waals surface area contributed by atoms with E-state index in [1.54, 1.807) is 0 Å². The van der Waals surface area contributed by atoms with Crippen LogP contribution in [0.5, 0.6) is 0 Å². The van der Waals surface area contributed by atoms with Crippen molar-refractivity contribution in [2.45, 2.75) is 25.7 Å². The topological polar surface area (TPSA) is 55.4 Å². The third-order valence-electron chi connectivity index (χ3n) is 3.58. The highest BCUT2D eigenvalue weighted by atomic mass is 16.5. The maximum atomic E-state index is 12.1. The molecule has 0 saturated carbocycles. The average Bonchev–Trinajstić information content (AvgIpc) is 2.56. The van der Waals surface area contributed by atoms with Crippen LogP contribution in [0.15, 0.2) is 42.5 Å². The average molecular weight is 299 g/mol. The Balaban J connectivity index is 1.75. The summed E-state index contributed by atoms with van der Waals surface area (Å²) in [5.41, 5.74) is 0.674. The first-order valence-electron chi connectivity index (χ1n) is 7.54. The van der Waals surface area contributed by atoms with Crippen molar-refractivity contribution < 1.29 is 14.3 Å². The molecule has 0 aromatic heterocycles. The third kappa shape index (κ3) is 4.58. The molecule has 0 radical (unpaired) electrons. The highest BCUT2D eigenvalue weighted by Gasteiger charge is 2.05. The molecule has 0 heterocycles. The summed E-state index contributed by atoms with van der Waals surface area (Å²) in [5.74, 6) is -0.237. The Kier molecular flexibility index (Phi) is 5.95. The molecule has 4 nitrogen and oxygen atoms in total. The molecule has 0 fully saturated rings. The van der Waals surface area contributed by atoms with E-state index in [0.29, 0.717) is 18.5 Å². The van der Waals surface area contributed by atoms with Crippen LogP contribution in [0.3, 0.4) is 0 Å². The number of rotatable bonds is 7. The van der Waals surface area contributed by atoms with Gasteiger partial charge < -0.3 is 10.1 Å². The summed E-state index contributed by atoms with van der Waals surface area (Å²) < 4.78 is 4.58. The van der Waals surface area contributed by atoms with E-state index >= 15 is 0 Å². The van der Waals surface area contributed by atoms with Crippen LogP contribution in [-0.4, -0.2) is 25.5 Å². The van der Waals surface area contributed by atoms with E-state index in [-0.39, 0.29) is 11.9 Å². The largest absolute Gasteiger partial charge is 0.469 e. The minimum absolute atomic E-state index is 0.0567. The molecule has 0 aliphatic carbocycles. The molecule has 0 unspecified atom stereocenters. The summed E-state index contributed by atoms with van der Waals surface area (Å²) in [6, 6.07) is 13.7. The summed E-state index contributed by atoms with van der Waals surface area (Å²) in [4.78, 5) is 23.0. The summed E-state index contributed by atoms with van der Waals surface area (Å²) in [6.45, 7) is 0.618. The van der Waals surface area contributed by atoms with Gasteiger partial charge in [0.2, 0.25) is 0 Å². The van der Waals surface area contributed by atoms with Crippen LogP contribution in [0.25, 0.3) is 10.8 Å². The molecule has 116 valence electrons. The summed E-state index contributed by atoms with van der Waals surface area (Å²) >= 11 is 0. The molecule has 1 N–H and O–H groups in total. The van der Waals surface area contributed by atoms with Gasteiger partial charge in [0.25, 0.3) is 5.91 Å². The maximum absolute atomic E-state index is 12.1. The van der Waals surface area contributed by atoms with Gasteiger partial charge in [0.15, 0.2) is 0 Å². The van der Waals surface area contributed by atoms with Crippen molar-refractivity contribution >= 4 is 22.6 Å². The number of methoxy groups -OCH3 is 1. The number of carbonyl (C=O) groups is 2. The molecule has 0 aliphatic rings. The second kappa shape index (κ2) is 8.17. The molecule has 0 atom stereocenters. The van der Waals surface area contributed by atoms with Crippen molar-refractivity contribution in [2.24, 2.45) is 0 Å². The minimum atomic E-state index is -0.180. The number of nitrogens with one attached hydrogen (secondary N) is 1.